The average molecular weight is 337 g/mol. The summed E-state index contributed by atoms with van der Waals surface area (Å²) in [4.78, 5) is 12.2. The molecule has 0 radical (unpaired) electrons. The summed E-state index contributed by atoms with van der Waals surface area (Å²) in [6.07, 6.45) is 0.157. The molecule has 0 spiro atoms. The van der Waals surface area contributed by atoms with Crippen molar-refractivity contribution in [2.24, 2.45) is 0 Å². The molecule has 0 aliphatic rings. The molecule has 0 fully saturated rings. The van der Waals surface area contributed by atoms with E-state index in [-0.39, 0.29) is 18.0 Å². The Bertz CT molecular complexity index is 653. The second-order valence-corrected chi connectivity index (χ2v) is 5.37. The number of carbonyl (C=O) groups excluding carboxylic acids is 1. The third-order valence-electron chi connectivity index (χ3n) is 3.08. The molecule has 0 saturated heterocycles. The number of aryl methyl sites for hydroxylation is 1. The quantitative estimate of drug-likeness (QED) is 0.776. The van der Waals surface area contributed by atoms with Gasteiger partial charge in [0, 0.05) is 16.5 Å². The molecule has 20 heavy (non-hydrogen) atoms. The van der Waals surface area contributed by atoms with Gasteiger partial charge < -0.3 is 4.74 Å². The lowest BCUT2D eigenvalue weighted by Crippen LogP contribution is -2.05. The summed E-state index contributed by atoms with van der Waals surface area (Å²) in [5.41, 5.74) is 2.14. The van der Waals surface area contributed by atoms with Crippen molar-refractivity contribution >= 4 is 21.7 Å². The lowest BCUT2D eigenvalue weighted by atomic mass is 10.0. The van der Waals surface area contributed by atoms with Gasteiger partial charge in [-0.05, 0) is 54.4 Å². The molecule has 0 aliphatic carbocycles. The zero-order valence-corrected chi connectivity index (χ0v) is 12.8. The second kappa shape index (κ2) is 6.18. The molecule has 0 atom stereocenters. The standard InChI is InChI=1S/C16H14BrFO2/c1-10-7-11(3-6-16(10)20-2)15(19)9-12-8-13(18)4-5-14(12)17/h3-8H,9H2,1-2H3. The summed E-state index contributed by atoms with van der Waals surface area (Å²) in [5.74, 6) is 0.345. The van der Waals surface area contributed by atoms with Crippen molar-refractivity contribution in [1.29, 1.82) is 0 Å². The molecule has 0 unspecified atom stereocenters. The van der Waals surface area contributed by atoms with E-state index in [1.165, 1.54) is 12.1 Å². The fraction of sp³-hybridized carbons (Fsp3) is 0.188. The van der Waals surface area contributed by atoms with Crippen LogP contribution < -0.4 is 4.74 Å². The van der Waals surface area contributed by atoms with E-state index in [2.05, 4.69) is 15.9 Å². The number of Topliss-reactive ketones (excluding diaryl/α,β-unsaturated/α-hetero) is 1. The predicted molar refractivity (Wildman–Crippen MR) is 79.9 cm³/mol. The number of methoxy groups -OCH3 is 1. The molecular formula is C16H14BrFO2. The van der Waals surface area contributed by atoms with Gasteiger partial charge in [0.05, 0.1) is 7.11 Å². The van der Waals surface area contributed by atoms with E-state index >= 15 is 0 Å². The summed E-state index contributed by atoms with van der Waals surface area (Å²) >= 11 is 3.33. The molecule has 2 rings (SSSR count). The molecule has 0 aliphatic heterocycles. The molecule has 0 heterocycles. The first-order chi connectivity index (χ1) is 9.51. The maximum absolute atomic E-state index is 13.2. The van der Waals surface area contributed by atoms with Crippen LogP contribution in [0.25, 0.3) is 0 Å². The van der Waals surface area contributed by atoms with E-state index in [4.69, 9.17) is 4.74 Å². The second-order valence-electron chi connectivity index (χ2n) is 4.52. The SMILES string of the molecule is COc1ccc(C(=O)Cc2cc(F)ccc2Br)cc1C. The van der Waals surface area contributed by atoms with E-state index in [9.17, 15) is 9.18 Å². The maximum atomic E-state index is 13.2. The van der Waals surface area contributed by atoms with E-state index in [1.807, 2.05) is 6.92 Å². The van der Waals surface area contributed by atoms with E-state index in [0.29, 0.717) is 11.1 Å². The fourth-order valence-corrected chi connectivity index (χ4v) is 2.39. The highest BCUT2D eigenvalue weighted by molar-refractivity contribution is 9.10. The number of ketones is 1. The minimum atomic E-state index is -0.345. The molecule has 0 amide bonds. The van der Waals surface area contributed by atoms with Crippen molar-refractivity contribution < 1.29 is 13.9 Å². The third kappa shape index (κ3) is 3.25. The van der Waals surface area contributed by atoms with Crippen LogP contribution in [0.2, 0.25) is 0 Å². The summed E-state index contributed by atoms with van der Waals surface area (Å²) in [5, 5.41) is 0. The molecule has 0 saturated carbocycles. The van der Waals surface area contributed by atoms with Crippen LogP contribution >= 0.6 is 15.9 Å². The topological polar surface area (TPSA) is 26.3 Å². The fourth-order valence-electron chi connectivity index (χ4n) is 2.01. The molecule has 0 bridgehead atoms. The Morgan fingerprint density at radius 2 is 2.00 bits per heavy atom. The molecule has 104 valence electrons. The lowest BCUT2D eigenvalue weighted by Gasteiger charge is -2.08. The number of hydrogen-bond donors (Lipinski definition) is 0. The van der Waals surface area contributed by atoms with Crippen LogP contribution in [0, 0.1) is 12.7 Å². The smallest absolute Gasteiger partial charge is 0.167 e. The zero-order chi connectivity index (χ0) is 14.7. The van der Waals surface area contributed by atoms with Crippen molar-refractivity contribution in [2.75, 3.05) is 7.11 Å². The Morgan fingerprint density at radius 3 is 2.65 bits per heavy atom. The van der Waals surface area contributed by atoms with Gasteiger partial charge in [0.2, 0.25) is 0 Å². The number of rotatable bonds is 4. The van der Waals surface area contributed by atoms with Crippen LogP contribution in [0.15, 0.2) is 40.9 Å². The first-order valence-electron chi connectivity index (χ1n) is 6.13. The average Bonchev–Trinajstić information content (AvgIpc) is 2.42. The first kappa shape index (κ1) is 14.7. The highest BCUT2D eigenvalue weighted by atomic mass is 79.9. The predicted octanol–water partition coefficient (Wildman–Crippen LogP) is 4.33. The Balaban J connectivity index is 2.24. The number of halogens is 2. The zero-order valence-electron chi connectivity index (χ0n) is 11.2. The van der Waals surface area contributed by atoms with E-state index < -0.39 is 0 Å². The van der Waals surface area contributed by atoms with Crippen molar-refractivity contribution in [1.82, 2.24) is 0 Å². The van der Waals surface area contributed by atoms with Gasteiger partial charge in [-0.2, -0.15) is 0 Å². The summed E-state index contributed by atoms with van der Waals surface area (Å²) < 4.78 is 19.1. The van der Waals surface area contributed by atoms with Crippen molar-refractivity contribution in [3.63, 3.8) is 0 Å². The summed E-state index contributed by atoms with van der Waals surface area (Å²) in [6.45, 7) is 1.88. The van der Waals surface area contributed by atoms with E-state index in [1.54, 1.807) is 31.4 Å². The third-order valence-corrected chi connectivity index (χ3v) is 3.85. The van der Waals surface area contributed by atoms with Gasteiger partial charge >= 0.3 is 0 Å². The lowest BCUT2D eigenvalue weighted by molar-refractivity contribution is 0.0992. The molecular weight excluding hydrogens is 323 g/mol. The molecule has 0 N–H and O–H groups in total. The Kier molecular flexibility index (Phi) is 4.55. The molecule has 0 aromatic heterocycles. The van der Waals surface area contributed by atoms with Gasteiger partial charge in [0.25, 0.3) is 0 Å². The van der Waals surface area contributed by atoms with Crippen LogP contribution in [-0.4, -0.2) is 12.9 Å². The highest BCUT2D eigenvalue weighted by Gasteiger charge is 2.12. The normalized spacial score (nSPS) is 10.4. The monoisotopic (exact) mass is 336 g/mol. The molecule has 2 aromatic rings. The number of ether oxygens (including phenoxy) is 1. The van der Waals surface area contributed by atoms with Crippen LogP contribution in [0.4, 0.5) is 4.39 Å². The van der Waals surface area contributed by atoms with Gasteiger partial charge in [-0.1, -0.05) is 15.9 Å². The number of benzene rings is 2. The van der Waals surface area contributed by atoms with Crippen LogP contribution in [0.3, 0.4) is 0 Å². The van der Waals surface area contributed by atoms with Crippen LogP contribution in [-0.2, 0) is 6.42 Å². The minimum Gasteiger partial charge on any atom is -0.496 e. The van der Waals surface area contributed by atoms with Gasteiger partial charge in [0.1, 0.15) is 11.6 Å². The number of hydrogen-bond acceptors (Lipinski definition) is 2. The van der Waals surface area contributed by atoms with Gasteiger partial charge in [-0.15, -0.1) is 0 Å². The van der Waals surface area contributed by atoms with Gasteiger partial charge in [-0.25, -0.2) is 4.39 Å². The number of carbonyl (C=O) groups is 1. The van der Waals surface area contributed by atoms with E-state index in [0.717, 1.165) is 15.8 Å². The molecule has 2 aromatic carbocycles. The molecule has 4 heteroatoms. The van der Waals surface area contributed by atoms with Gasteiger partial charge in [-0.3, -0.25) is 4.79 Å². The first-order valence-corrected chi connectivity index (χ1v) is 6.92. The minimum absolute atomic E-state index is 0.0537. The van der Waals surface area contributed by atoms with Crippen LogP contribution in [0.5, 0.6) is 5.75 Å². The van der Waals surface area contributed by atoms with Crippen LogP contribution in [0.1, 0.15) is 21.5 Å². The summed E-state index contributed by atoms with van der Waals surface area (Å²) in [6, 6.07) is 9.62. The maximum Gasteiger partial charge on any atom is 0.167 e. The van der Waals surface area contributed by atoms with Gasteiger partial charge in [0.15, 0.2) is 5.78 Å². The van der Waals surface area contributed by atoms with Crippen molar-refractivity contribution in [3.8, 4) is 5.75 Å². The Hall–Kier alpha value is -1.68. The largest absolute Gasteiger partial charge is 0.496 e. The van der Waals surface area contributed by atoms with Crippen molar-refractivity contribution in [2.45, 2.75) is 13.3 Å². The highest BCUT2D eigenvalue weighted by Crippen LogP contribution is 2.22. The summed E-state index contributed by atoms with van der Waals surface area (Å²) in [7, 11) is 1.59. The Morgan fingerprint density at radius 1 is 1.25 bits per heavy atom. The molecule has 2 nitrogen and oxygen atoms in total. The Labute approximate surface area is 125 Å². The van der Waals surface area contributed by atoms with Crippen molar-refractivity contribution in [3.05, 3.63) is 63.4 Å².